The van der Waals surface area contributed by atoms with E-state index in [1.165, 1.54) is 26.1 Å². The minimum absolute atomic E-state index is 0.0468. The lowest BCUT2D eigenvalue weighted by Gasteiger charge is -2.10. The van der Waals surface area contributed by atoms with Crippen LogP contribution in [0.25, 0.3) is 0 Å². The standard InChI is InChI=1S/C10H15NO6/c1-11(2)10(14)17-7-6-16-9(13)5-4-8(12)15-3/h4-5H,6-7H2,1-3H3/b5-4+. The van der Waals surface area contributed by atoms with Crippen LogP contribution in [0.3, 0.4) is 0 Å². The van der Waals surface area contributed by atoms with Gasteiger partial charge in [-0.05, 0) is 0 Å². The molecule has 0 spiro atoms. The van der Waals surface area contributed by atoms with Gasteiger partial charge in [-0.3, -0.25) is 0 Å². The summed E-state index contributed by atoms with van der Waals surface area (Å²) in [6.45, 7) is -0.126. The van der Waals surface area contributed by atoms with Crippen LogP contribution in [0, 0.1) is 0 Å². The van der Waals surface area contributed by atoms with Gasteiger partial charge in [0, 0.05) is 26.2 Å². The predicted molar refractivity (Wildman–Crippen MR) is 57.2 cm³/mol. The Hall–Kier alpha value is -2.05. The molecule has 0 heterocycles. The number of amides is 1. The van der Waals surface area contributed by atoms with Crippen LogP contribution in [-0.4, -0.2) is 57.4 Å². The second-order valence-corrected chi connectivity index (χ2v) is 3.03. The largest absolute Gasteiger partial charge is 0.466 e. The first-order valence-corrected chi connectivity index (χ1v) is 4.74. The minimum Gasteiger partial charge on any atom is -0.466 e. The average molecular weight is 245 g/mol. The molecule has 0 saturated heterocycles. The number of carbonyl (C=O) groups excluding carboxylic acids is 3. The molecule has 1 amide bonds. The molecular weight excluding hydrogens is 230 g/mol. The average Bonchev–Trinajstić information content (AvgIpc) is 2.30. The van der Waals surface area contributed by atoms with Gasteiger partial charge in [0.05, 0.1) is 7.11 Å². The number of ether oxygens (including phenoxy) is 3. The number of rotatable bonds is 5. The molecule has 96 valence electrons. The maximum absolute atomic E-state index is 11.0. The fourth-order valence-corrected chi connectivity index (χ4v) is 0.653. The molecule has 0 atom stereocenters. The van der Waals surface area contributed by atoms with Crippen molar-refractivity contribution in [2.75, 3.05) is 34.4 Å². The highest BCUT2D eigenvalue weighted by Crippen LogP contribution is 1.88. The van der Waals surface area contributed by atoms with E-state index in [0.29, 0.717) is 0 Å². The summed E-state index contributed by atoms with van der Waals surface area (Å²) in [5.41, 5.74) is 0. The van der Waals surface area contributed by atoms with Gasteiger partial charge in [0.1, 0.15) is 13.2 Å². The lowest BCUT2D eigenvalue weighted by Crippen LogP contribution is -2.24. The van der Waals surface area contributed by atoms with E-state index in [9.17, 15) is 14.4 Å². The van der Waals surface area contributed by atoms with Gasteiger partial charge in [-0.15, -0.1) is 0 Å². The zero-order valence-corrected chi connectivity index (χ0v) is 9.97. The smallest absolute Gasteiger partial charge is 0.409 e. The number of esters is 2. The van der Waals surface area contributed by atoms with Crippen molar-refractivity contribution in [1.82, 2.24) is 4.90 Å². The van der Waals surface area contributed by atoms with Crippen LogP contribution in [0.1, 0.15) is 0 Å². The highest BCUT2D eigenvalue weighted by Gasteiger charge is 2.04. The maximum atomic E-state index is 11.0. The van der Waals surface area contributed by atoms with Gasteiger partial charge >= 0.3 is 18.0 Å². The van der Waals surface area contributed by atoms with Crippen LogP contribution < -0.4 is 0 Å². The third kappa shape index (κ3) is 7.83. The molecule has 0 aliphatic heterocycles. The topological polar surface area (TPSA) is 82.1 Å². The maximum Gasteiger partial charge on any atom is 0.409 e. The molecule has 0 bridgehead atoms. The zero-order chi connectivity index (χ0) is 13.3. The molecule has 17 heavy (non-hydrogen) atoms. The summed E-state index contributed by atoms with van der Waals surface area (Å²) in [6, 6.07) is 0. The Morgan fingerprint density at radius 2 is 1.53 bits per heavy atom. The van der Waals surface area contributed by atoms with Crippen LogP contribution in [0.5, 0.6) is 0 Å². The monoisotopic (exact) mass is 245 g/mol. The lowest BCUT2D eigenvalue weighted by atomic mass is 10.5. The highest BCUT2D eigenvalue weighted by atomic mass is 16.6. The fraction of sp³-hybridized carbons (Fsp3) is 0.500. The van der Waals surface area contributed by atoms with Crippen molar-refractivity contribution in [2.24, 2.45) is 0 Å². The molecule has 7 heteroatoms. The van der Waals surface area contributed by atoms with E-state index >= 15 is 0 Å². The minimum atomic E-state index is -0.712. The number of methoxy groups -OCH3 is 1. The van der Waals surface area contributed by atoms with E-state index in [1.54, 1.807) is 0 Å². The van der Waals surface area contributed by atoms with E-state index in [0.717, 1.165) is 12.2 Å². The second-order valence-electron chi connectivity index (χ2n) is 3.03. The highest BCUT2D eigenvalue weighted by molar-refractivity contribution is 5.91. The van der Waals surface area contributed by atoms with Gasteiger partial charge < -0.3 is 19.1 Å². The van der Waals surface area contributed by atoms with Crippen molar-refractivity contribution in [1.29, 1.82) is 0 Å². The number of hydrogen-bond donors (Lipinski definition) is 0. The number of nitrogens with zero attached hydrogens (tertiary/aromatic N) is 1. The molecule has 7 nitrogen and oxygen atoms in total. The fourth-order valence-electron chi connectivity index (χ4n) is 0.653. The SMILES string of the molecule is COC(=O)/C=C/C(=O)OCCOC(=O)N(C)C. The first-order valence-electron chi connectivity index (χ1n) is 4.74. The molecule has 0 aromatic rings. The molecule has 0 radical (unpaired) electrons. The third-order valence-corrected chi connectivity index (χ3v) is 1.48. The van der Waals surface area contributed by atoms with Crippen molar-refractivity contribution < 1.29 is 28.6 Å². The normalized spacial score (nSPS) is 9.82. The molecule has 0 aromatic heterocycles. The van der Waals surface area contributed by atoms with Crippen LogP contribution >= 0.6 is 0 Å². The molecule has 0 aromatic carbocycles. The third-order valence-electron chi connectivity index (χ3n) is 1.48. The first-order chi connectivity index (χ1) is 7.97. The predicted octanol–water partition coefficient (Wildman–Crippen LogP) is -0.0430. The van der Waals surface area contributed by atoms with E-state index < -0.39 is 18.0 Å². The summed E-state index contributed by atoms with van der Waals surface area (Å²) in [7, 11) is 4.26. The van der Waals surface area contributed by atoms with E-state index in [4.69, 9.17) is 4.74 Å². The molecule has 0 saturated carbocycles. The van der Waals surface area contributed by atoms with Crippen LogP contribution in [0.4, 0.5) is 4.79 Å². The molecule has 0 fully saturated rings. The Morgan fingerprint density at radius 1 is 1.00 bits per heavy atom. The van der Waals surface area contributed by atoms with Crippen molar-refractivity contribution in [2.45, 2.75) is 0 Å². The van der Waals surface area contributed by atoms with Gasteiger partial charge in [-0.1, -0.05) is 0 Å². The van der Waals surface area contributed by atoms with E-state index in [-0.39, 0.29) is 13.2 Å². The first kappa shape index (κ1) is 14.9. The molecule has 0 N–H and O–H groups in total. The Labute approximate surface area is 98.9 Å². The van der Waals surface area contributed by atoms with Gasteiger partial charge in [0.25, 0.3) is 0 Å². The summed E-state index contributed by atoms with van der Waals surface area (Å²) in [6.07, 6.45) is 1.35. The van der Waals surface area contributed by atoms with Crippen LogP contribution in [0.15, 0.2) is 12.2 Å². The van der Waals surface area contributed by atoms with Crippen LogP contribution in [-0.2, 0) is 23.8 Å². The molecule has 0 rings (SSSR count). The molecular formula is C10H15NO6. The van der Waals surface area contributed by atoms with Gasteiger partial charge in [-0.2, -0.15) is 0 Å². The van der Waals surface area contributed by atoms with Gasteiger partial charge in [0.15, 0.2) is 0 Å². The van der Waals surface area contributed by atoms with E-state index in [2.05, 4.69) is 9.47 Å². The Bertz CT molecular complexity index is 310. The molecule has 0 unspecified atom stereocenters. The van der Waals surface area contributed by atoms with Crippen molar-refractivity contribution in [3.8, 4) is 0 Å². The van der Waals surface area contributed by atoms with E-state index in [1.807, 2.05) is 0 Å². The quantitative estimate of drug-likeness (QED) is 0.292. The van der Waals surface area contributed by atoms with Gasteiger partial charge in [-0.25, -0.2) is 14.4 Å². The Kier molecular flexibility index (Phi) is 7.16. The van der Waals surface area contributed by atoms with Crippen LogP contribution in [0.2, 0.25) is 0 Å². The zero-order valence-electron chi connectivity index (χ0n) is 9.97. The summed E-state index contributed by atoms with van der Waals surface area (Å²) >= 11 is 0. The Morgan fingerprint density at radius 3 is 2.06 bits per heavy atom. The van der Waals surface area contributed by atoms with Crippen molar-refractivity contribution in [3.05, 3.63) is 12.2 Å². The van der Waals surface area contributed by atoms with Crippen molar-refractivity contribution in [3.63, 3.8) is 0 Å². The lowest BCUT2D eigenvalue weighted by molar-refractivity contribution is -0.140. The second kappa shape index (κ2) is 8.14. The summed E-state index contributed by atoms with van der Waals surface area (Å²) in [5.74, 6) is -1.36. The Balaban J connectivity index is 3.69. The molecule has 0 aliphatic carbocycles. The number of carbonyl (C=O) groups is 3. The van der Waals surface area contributed by atoms with Gasteiger partial charge in [0.2, 0.25) is 0 Å². The number of hydrogen-bond acceptors (Lipinski definition) is 6. The summed E-state index contributed by atoms with van der Waals surface area (Å²) in [5, 5.41) is 0. The molecule has 0 aliphatic rings. The summed E-state index contributed by atoms with van der Waals surface area (Å²) < 4.78 is 13.6. The summed E-state index contributed by atoms with van der Waals surface area (Å²) in [4.78, 5) is 33.8. The van der Waals surface area contributed by atoms with Crippen molar-refractivity contribution >= 4 is 18.0 Å².